The SMILES string of the molecule is CCCNC(c1ccc(C)c(C)c1)c1ccccc1SC. The fraction of sp³-hybridized carbons (Fsp3) is 0.368. The van der Waals surface area contributed by atoms with Crippen LogP contribution in [0.25, 0.3) is 0 Å². The van der Waals surface area contributed by atoms with Gasteiger partial charge >= 0.3 is 0 Å². The van der Waals surface area contributed by atoms with Gasteiger partial charge in [0.1, 0.15) is 0 Å². The van der Waals surface area contributed by atoms with Crippen LogP contribution in [0.3, 0.4) is 0 Å². The van der Waals surface area contributed by atoms with Crippen LogP contribution in [0.2, 0.25) is 0 Å². The van der Waals surface area contributed by atoms with Crippen molar-refractivity contribution < 1.29 is 0 Å². The fourth-order valence-corrected chi connectivity index (χ4v) is 3.18. The van der Waals surface area contributed by atoms with Crippen LogP contribution in [0.4, 0.5) is 0 Å². The Kier molecular flexibility index (Phi) is 5.89. The molecule has 0 amide bonds. The first-order valence-electron chi connectivity index (χ1n) is 7.60. The highest BCUT2D eigenvalue weighted by atomic mass is 32.2. The Balaban J connectivity index is 2.44. The molecule has 2 aromatic rings. The molecule has 0 spiro atoms. The second-order valence-electron chi connectivity index (χ2n) is 5.47. The Labute approximate surface area is 133 Å². The van der Waals surface area contributed by atoms with E-state index >= 15 is 0 Å². The number of hydrogen-bond donors (Lipinski definition) is 1. The summed E-state index contributed by atoms with van der Waals surface area (Å²) >= 11 is 1.82. The van der Waals surface area contributed by atoms with Gasteiger partial charge in [-0.25, -0.2) is 0 Å². The molecule has 0 saturated heterocycles. The van der Waals surface area contributed by atoms with Crippen molar-refractivity contribution in [1.29, 1.82) is 0 Å². The zero-order valence-corrected chi connectivity index (χ0v) is 14.3. The lowest BCUT2D eigenvalue weighted by Gasteiger charge is -2.22. The third-order valence-electron chi connectivity index (χ3n) is 3.91. The summed E-state index contributed by atoms with van der Waals surface area (Å²) in [6.07, 6.45) is 3.29. The smallest absolute Gasteiger partial charge is 0.0587 e. The van der Waals surface area contributed by atoms with Crippen molar-refractivity contribution in [3.8, 4) is 0 Å². The molecule has 1 unspecified atom stereocenters. The average molecular weight is 299 g/mol. The van der Waals surface area contributed by atoms with Gasteiger partial charge in [0.05, 0.1) is 6.04 Å². The number of hydrogen-bond acceptors (Lipinski definition) is 2. The highest BCUT2D eigenvalue weighted by Gasteiger charge is 2.16. The molecular formula is C19H25NS. The topological polar surface area (TPSA) is 12.0 Å². The van der Waals surface area contributed by atoms with E-state index in [0.29, 0.717) is 0 Å². The zero-order chi connectivity index (χ0) is 15.2. The van der Waals surface area contributed by atoms with Crippen molar-refractivity contribution in [2.75, 3.05) is 12.8 Å². The third kappa shape index (κ3) is 3.90. The maximum Gasteiger partial charge on any atom is 0.0587 e. The molecule has 0 aliphatic carbocycles. The molecule has 0 aliphatic heterocycles. The lowest BCUT2D eigenvalue weighted by Crippen LogP contribution is -2.23. The molecule has 0 aromatic heterocycles. The van der Waals surface area contributed by atoms with Crippen molar-refractivity contribution in [2.24, 2.45) is 0 Å². The predicted octanol–water partition coefficient (Wildman–Crippen LogP) is 5.11. The second kappa shape index (κ2) is 7.67. The highest BCUT2D eigenvalue weighted by Crippen LogP contribution is 2.31. The van der Waals surface area contributed by atoms with E-state index < -0.39 is 0 Å². The molecule has 0 bridgehead atoms. The molecule has 2 rings (SSSR count). The summed E-state index contributed by atoms with van der Waals surface area (Å²) < 4.78 is 0. The van der Waals surface area contributed by atoms with E-state index in [1.54, 1.807) is 0 Å². The Hall–Kier alpha value is -1.25. The third-order valence-corrected chi connectivity index (χ3v) is 4.72. The molecule has 2 aromatic carbocycles. The van der Waals surface area contributed by atoms with Crippen LogP contribution in [0.5, 0.6) is 0 Å². The van der Waals surface area contributed by atoms with Gasteiger partial charge in [-0.3, -0.25) is 0 Å². The maximum absolute atomic E-state index is 3.71. The molecular weight excluding hydrogens is 274 g/mol. The molecule has 1 N–H and O–H groups in total. The van der Waals surface area contributed by atoms with Crippen molar-refractivity contribution in [3.63, 3.8) is 0 Å². The van der Waals surface area contributed by atoms with E-state index in [4.69, 9.17) is 0 Å². The summed E-state index contributed by atoms with van der Waals surface area (Å²) in [6.45, 7) is 7.60. The first-order chi connectivity index (χ1) is 10.2. The standard InChI is InChI=1S/C19H25NS/c1-5-12-20-19(16-11-10-14(2)15(3)13-16)17-8-6-7-9-18(17)21-4/h6-11,13,19-20H,5,12H2,1-4H3. The number of aryl methyl sites for hydroxylation is 2. The average Bonchev–Trinajstić information content (AvgIpc) is 2.51. The minimum Gasteiger partial charge on any atom is -0.306 e. The monoisotopic (exact) mass is 299 g/mol. The molecule has 1 nitrogen and oxygen atoms in total. The Morgan fingerprint density at radius 1 is 1.05 bits per heavy atom. The Bertz CT molecular complexity index is 592. The summed E-state index contributed by atoms with van der Waals surface area (Å²) in [4.78, 5) is 1.35. The van der Waals surface area contributed by atoms with Gasteiger partial charge in [-0.15, -0.1) is 11.8 Å². The van der Waals surface area contributed by atoms with E-state index in [-0.39, 0.29) is 6.04 Å². The summed E-state index contributed by atoms with van der Waals surface area (Å²) in [6, 6.07) is 15.8. The van der Waals surface area contributed by atoms with Crippen molar-refractivity contribution in [3.05, 3.63) is 64.7 Å². The summed E-state index contributed by atoms with van der Waals surface area (Å²) in [7, 11) is 0. The summed E-state index contributed by atoms with van der Waals surface area (Å²) in [5, 5.41) is 3.71. The van der Waals surface area contributed by atoms with E-state index in [2.05, 4.69) is 74.8 Å². The first-order valence-corrected chi connectivity index (χ1v) is 8.83. The van der Waals surface area contributed by atoms with Gasteiger partial charge in [0.15, 0.2) is 0 Å². The summed E-state index contributed by atoms with van der Waals surface area (Å²) in [5.41, 5.74) is 5.44. The second-order valence-corrected chi connectivity index (χ2v) is 6.32. The van der Waals surface area contributed by atoms with Crippen LogP contribution in [0.15, 0.2) is 47.4 Å². The van der Waals surface area contributed by atoms with Crippen LogP contribution in [-0.4, -0.2) is 12.8 Å². The predicted molar refractivity (Wildman–Crippen MR) is 94.3 cm³/mol. The van der Waals surface area contributed by atoms with Gasteiger partial charge < -0.3 is 5.32 Å². The highest BCUT2D eigenvalue weighted by molar-refractivity contribution is 7.98. The van der Waals surface area contributed by atoms with Crippen LogP contribution >= 0.6 is 11.8 Å². The van der Waals surface area contributed by atoms with E-state index in [1.807, 2.05) is 11.8 Å². The molecule has 1 atom stereocenters. The molecule has 0 heterocycles. The first kappa shape index (κ1) is 16.1. The molecule has 0 fully saturated rings. The van der Waals surface area contributed by atoms with Gasteiger partial charge in [0.25, 0.3) is 0 Å². The number of benzene rings is 2. The van der Waals surface area contributed by atoms with Gasteiger partial charge in [-0.1, -0.05) is 43.3 Å². The summed E-state index contributed by atoms with van der Waals surface area (Å²) in [5.74, 6) is 0. The van der Waals surface area contributed by atoms with Crippen molar-refractivity contribution >= 4 is 11.8 Å². The lowest BCUT2D eigenvalue weighted by molar-refractivity contribution is 0.591. The molecule has 112 valence electrons. The minimum atomic E-state index is 0.271. The van der Waals surface area contributed by atoms with Crippen LogP contribution in [0.1, 0.15) is 41.6 Å². The Morgan fingerprint density at radius 2 is 1.81 bits per heavy atom. The molecule has 0 saturated carbocycles. The Morgan fingerprint density at radius 3 is 2.48 bits per heavy atom. The molecule has 2 heteroatoms. The molecule has 0 aliphatic rings. The quantitative estimate of drug-likeness (QED) is 0.743. The zero-order valence-electron chi connectivity index (χ0n) is 13.4. The molecule has 0 radical (unpaired) electrons. The number of thioether (sulfide) groups is 1. The van der Waals surface area contributed by atoms with Crippen LogP contribution in [0, 0.1) is 13.8 Å². The maximum atomic E-state index is 3.71. The van der Waals surface area contributed by atoms with Gasteiger partial charge in [0.2, 0.25) is 0 Å². The van der Waals surface area contributed by atoms with Gasteiger partial charge in [-0.05, 0) is 61.4 Å². The normalized spacial score (nSPS) is 12.4. The fourth-order valence-electron chi connectivity index (χ4n) is 2.55. The number of nitrogens with one attached hydrogen (secondary N) is 1. The minimum absolute atomic E-state index is 0.271. The van der Waals surface area contributed by atoms with Gasteiger partial charge in [0, 0.05) is 4.90 Å². The van der Waals surface area contributed by atoms with E-state index in [0.717, 1.165) is 13.0 Å². The molecule has 21 heavy (non-hydrogen) atoms. The van der Waals surface area contributed by atoms with Crippen LogP contribution in [-0.2, 0) is 0 Å². The van der Waals surface area contributed by atoms with Crippen LogP contribution < -0.4 is 5.32 Å². The lowest BCUT2D eigenvalue weighted by atomic mass is 9.95. The van der Waals surface area contributed by atoms with Crippen molar-refractivity contribution in [1.82, 2.24) is 5.32 Å². The van der Waals surface area contributed by atoms with E-state index in [1.165, 1.54) is 27.1 Å². The van der Waals surface area contributed by atoms with E-state index in [9.17, 15) is 0 Å². The van der Waals surface area contributed by atoms with Gasteiger partial charge in [-0.2, -0.15) is 0 Å². The largest absolute Gasteiger partial charge is 0.306 e. The van der Waals surface area contributed by atoms with Crippen molar-refractivity contribution in [2.45, 2.75) is 38.1 Å². The number of rotatable bonds is 6.